The zero-order valence-electron chi connectivity index (χ0n) is 15.1. The third-order valence-corrected chi connectivity index (χ3v) is 4.30. The first-order chi connectivity index (χ1) is 12.2. The maximum Gasteiger partial charge on any atom is 0.254 e. The first-order valence-electron chi connectivity index (χ1n) is 8.41. The second-order valence-corrected chi connectivity index (χ2v) is 5.98. The number of piperazine rings is 1. The second kappa shape index (κ2) is 9.56. The van der Waals surface area contributed by atoms with Crippen molar-refractivity contribution in [3.05, 3.63) is 48.0 Å². The van der Waals surface area contributed by atoms with Crippen LogP contribution in [0, 0.1) is 0 Å². The first kappa shape index (κ1) is 20.2. The van der Waals surface area contributed by atoms with Crippen LogP contribution in [0.5, 0.6) is 5.75 Å². The molecule has 1 unspecified atom stereocenters. The highest BCUT2D eigenvalue weighted by Crippen LogP contribution is 2.24. The molecule has 0 aliphatic carbocycles. The molecule has 142 valence electrons. The number of rotatable bonds is 6. The number of benzene rings is 1. The largest absolute Gasteiger partial charge is 0.491 e. The molecular weight excluding hydrogens is 356 g/mol. The van der Waals surface area contributed by atoms with E-state index in [1.807, 2.05) is 40.9 Å². The molecule has 1 amide bonds. The molecule has 1 atom stereocenters. The highest BCUT2D eigenvalue weighted by molar-refractivity contribution is 5.95. The molecule has 0 bridgehead atoms. The quantitative estimate of drug-likeness (QED) is 0.772. The minimum atomic E-state index is -0.0840. The lowest BCUT2D eigenvalue weighted by Gasteiger charge is -2.35. The minimum Gasteiger partial charge on any atom is -0.491 e. The Kier molecular flexibility index (Phi) is 7.44. The van der Waals surface area contributed by atoms with Crippen molar-refractivity contribution in [1.29, 1.82) is 0 Å². The van der Waals surface area contributed by atoms with Crippen molar-refractivity contribution in [2.24, 2.45) is 7.05 Å². The number of ether oxygens (including phenoxy) is 2. The van der Waals surface area contributed by atoms with E-state index in [-0.39, 0.29) is 24.4 Å². The van der Waals surface area contributed by atoms with E-state index in [0.29, 0.717) is 37.6 Å². The van der Waals surface area contributed by atoms with E-state index in [0.717, 1.165) is 12.4 Å². The van der Waals surface area contributed by atoms with Crippen LogP contribution in [0.3, 0.4) is 0 Å². The Labute approximate surface area is 159 Å². The van der Waals surface area contributed by atoms with Gasteiger partial charge in [0.05, 0.1) is 6.61 Å². The molecule has 7 nitrogen and oxygen atoms in total. The zero-order valence-corrected chi connectivity index (χ0v) is 15.9. The summed E-state index contributed by atoms with van der Waals surface area (Å²) in [6.07, 6.45) is 3.66. The number of halogens is 1. The van der Waals surface area contributed by atoms with Crippen LogP contribution in [0.4, 0.5) is 0 Å². The Morgan fingerprint density at radius 2 is 2.23 bits per heavy atom. The molecule has 1 fully saturated rings. The number of carbonyl (C=O) groups excluding carboxylic acids is 1. The fourth-order valence-electron chi connectivity index (χ4n) is 3.00. The average Bonchev–Trinajstić information content (AvgIpc) is 3.07. The molecule has 0 saturated carbocycles. The molecule has 1 aromatic heterocycles. The van der Waals surface area contributed by atoms with Gasteiger partial charge < -0.3 is 24.3 Å². The lowest BCUT2D eigenvalue weighted by molar-refractivity contribution is 0.0620. The third-order valence-electron chi connectivity index (χ3n) is 4.30. The van der Waals surface area contributed by atoms with Gasteiger partial charge >= 0.3 is 0 Å². The van der Waals surface area contributed by atoms with Crippen molar-refractivity contribution in [3.63, 3.8) is 0 Å². The number of amides is 1. The van der Waals surface area contributed by atoms with Crippen LogP contribution in [0.2, 0.25) is 0 Å². The van der Waals surface area contributed by atoms with Gasteiger partial charge in [-0.3, -0.25) is 4.79 Å². The summed E-state index contributed by atoms with van der Waals surface area (Å²) in [6.45, 7) is 3.08. The number of imidazole rings is 1. The summed E-state index contributed by atoms with van der Waals surface area (Å²) in [4.78, 5) is 19.4. The topological polar surface area (TPSA) is 68.6 Å². The van der Waals surface area contributed by atoms with E-state index >= 15 is 0 Å². The van der Waals surface area contributed by atoms with Gasteiger partial charge in [-0.25, -0.2) is 4.98 Å². The molecule has 1 aliphatic heterocycles. The van der Waals surface area contributed by atoms with Crippen molar-refractivity contribution < 1.29 is 14.3 Å². The van der Waals surface area contributed by atoms with Crippen molar-refractivity contribution in [1.82, 2.24) is 19.8 Å². The summed E-state index contributed by atoms with van der Waals surface area (Å²) in [5.74, 6) is 1.55. The summed E-state index contributed by atoms with van der Waals surface area (Å²) in [5, 5.41) is 3.35. The van der Waals surface area contributed by atoms with E-state index in [9.17, 15) is 4.79 Å². The number of nitrogens with zero attached hydrogens (tertiary/aromatic N) is 3. The Balaban J connectivity index is 0.00000243. The highest BCUT2D eigenvalue weighted by Gasteiger charge is 2.31. The van der Waals surface area contributed by atoms with Crippen LogP contribution in [-0.4, -0.2) is 60.3 Å². The van der Waals surface area contributed by atoms with E-state index in [4.69, 9.17) is 9.47 Å². The minimum absolute atomic E-state index is 0. The van der Waals surface area contributed by atoms with Crippen molar-refractivity contribution >= 4 is 18.3 Å². The molecule has 26 heavy (non-hydrogen) atoms. The molecule has 0 radical (unpaired) electrons. The average molecular weight is 381 g/mol. The van der Waals surface area contributed by atoms with Crippen LogP contribution < -0.4 is 10.1 Å². The molecular formula is C18H25ClN4O3. The zero-order chi connectivity index (χ0) is 17.6. The van der Waals surface area contributed by atoms with Gasteiger partial charge in [-0.1, -0.05) is 6.07 Å². The normalized spacial score (nSPS) is 16.8. The van der Waals surface area contributed by atoms with Gasteiger partial charge in [-0.2, -0.15) is 0 Å². The molecule has 8 heteroatoms. The fourth-order valence-corrected chi connectivity index (χ4v) is 3.00. The Hall–Kier alpha value is -2.09. The predicted molar refractivity (Wildman–Crippen MR) is 101 cm³/mol. The molecule has 2 aromatic rings. The van der Waals surface area contributed by atoms with Gasteiger partial charge in [0.25, 0.3) is 5.91 Å². The lowest BCUT2D eigenvalue weighted by atomic mass is 10.1. The number of aryl methyl sites for hydroxylation is 1. The number of methoxy groups -OCH3 is 1. The predicted octanol–water partition coefficient (Wildman–Crippen LogP) is 1.65. The van der Waals surface area contributed by atoms with Gasteiger partial charge in [0.15, 0.2) is 0 Å². The Morgan fingerprint density at radius 3 is 2.96 bits per heavy atom. The van der Waals surface area contributed by atoms with Gasteiger partial charge in [0, 0.05) is 51.7 Å². The summed E-state index contributed by atoms with van der Waals surface area (Å²) in [6, 6.07) is 7.21. The standard InChI is InChI=1S/C18H24N4O3.ClH/c1-21-8-7-20-17(21)16-13-19-6-9-22(16)18(23)14-4-3-5-15(12-14)25-11-10-24-2;/h3-5,7-8,12,16,19H,6,9-11,13H2,1-2H3;1H. The third kappa shape index (κ3) is 4.55. The highest BCUT2D eigenvalue weighted by atomic mass is 35.5. The summed E-state index contributed by atoms with van der Waals surface area (Å²) >= 11 is 0. The van der Waals surface area contributed by atoms with Crippen LogP contribution in [0.1, 0.15) is 22.2 Å². The second-order valence-electron chi connectivity index (χ2n) is 5.98. The summed E-state index contributed by atoms with van der Waals surface area (Å²) in [7, 11) is 3.58. The molecule has 3 rings (SSSR count). The number of nitrogens with one attached hydrogen (secondary N) is 1. The molecule has 0 spiro atoms. The maximum absolute atomic E-state index is 13.1. The van der Waals surface area contributed by atoms with Gasteiger partial charge in [0.1, 0.15) is 24.2 Å². The van der Waals surface area contributed by atoms with E-state index < -0.39 is 0 Å². The number of carbonyl (C=O) groups is 1. The monoisotopic (exact) mass is 380 g/mol. The van der Waals surface area contributed by atoms with Gasteiger partial charge in [0.2, 0.25) is 0 Å². The first-order valence-corrected chi connectivity index (χ1v) is 8.41. The van der Waals surface area contributed by atoms with Crippen LogP contribution >= 0.6 is 12.4 Å². The molecule has 2 heterocycles. The summed E-state index contributed by atoms with van der Waals surface area (Å²) < 4.78 is 12.6. The molecule has 1 aliphatic rings. The van der Waals surface area contributed by atoms with E-state index in [2.05, 4.69) is 10.3 Å². The van der Waals surface area contributed by atoms with Crippen LogP contribution in [0.25, 0.3) is 0 Å². The molecule has 1 saturated heterocycles. The SMILES string of the molecule is COCCOc1cccc(C(=O)N2CCNCC2c2nccn2C)c1.Cl. The lowest BCUT2D eigenvalue weighted by Crippen LogP contribution is -2.49. The van der Waals surface area contributed by atoms with Crippen molar-refractivity contribution in [2.75, 3.05) is 40.0 Å². The maximum atomic E-state index is 13.1. The van der Waals surface area contributed by atoms with E-state index in [1.54, 1.807) is 19.4 Å². The van der Waals surface area contributed by atoms with Gasteiger partial charge in [-0.15, -0.1) is 12.4 Å². The Bertz CT molecular complexity index is 722. The van der Waals surface area contributed by atoms with Crippen LogP contribution in [-0.2, 0) is 11.8 Å². The molecule has 1 N–H and O–H groups in total. The number of hydrogen-bond donors (Lipinski definition) is 1. The molecule has 1 aromatic carbocycles. The van der Waals surface area contributed by atoms with Gasteiger partial charge in [-0.05, 0) is 18.2 Å². The van der Waals surface area contributed by atoms with Crippen molar-refractivity contribution in [3.8, 4) is 5.75 Å². The smallest absolute Gasteiger partial charge is 0.254 e. The van der Waals surface area contributed by atoms with Crippen LogP contribution in [0.15, 0.2) is 36.7 Å². The number of hydrogen-bond acceptors (Lipinski definition) is 5. The van der Waals surface area contributed by atoms with Crippen molar-refractivity contribution in [2.45, 2.75) is 6.04 Å². The fraction of sp³-hybridized carbons (Fsp3) is 0.444. The van der Waals surface area contributed by atoms with E-state index in [1.165, 1.54) is 0 Å². The number of aromatic nitrogens is 2. The summed E-state index contributed by atoms with van der Waals surface area (Å²) in [5.41, 5.74) is 0.621. The Morgan fingerprint density at radius 1 is 1.38 bits per heavy atom.